The van der Waals surface area contributed by atoms with Crippen LogP contribution in [0.15, 0.2) is 24.3 Å². The van der Waals surface area contributed by atoms with Gasteiger partial charge in [0.15, 0.2) is 0 Å². The van der Waals surface area contributed by atoms with Crippen LogP contribution in [0.1, 0.15) is 33.1 Å². The second-order valence-corrected chi connectivity index (χ2v) is 6.62. The molecule has 1 heterocycles. The maximum absolute atomic E-state index is 12.3. The molecule has 2 rings (SSSR count). The molecule has 3 N–H and O–H groups in total. The molecule has 0 radical (unpaired) electrons. The smallest absolute Gasteiger partial charge is 0.406 e. The summed E-state index contributed by atoms with van der Waals surface area (Å²) < 4.78 is 41.0. The number of nitrogens with one attached hydrogen (secondary N) is 1. The number of rotatable bonds is 6. The van der Waals surface area contributed by atoms with Crippen molar-refractivity contribution in [2.75, 3.05) is 18.0 Å². The quantitative estimate of drug-likeness (QED) is 0.820. The zero-order valence-corrected chi connectivity index (χ0v) is 14.4. The van der Waals surface area contributed by atoms with E-state index < -0.39 is 11.9 Å². The van der Waals surface area contributed by atoms with E-state index >= 15 is 0 Å². The third-order valence-corrected chi connectivity index (χ3v) is 4.23. The van der Waals surface area contributed by atoms with Crippen molar-refractivity contribution in [2.24, 2.45) is 5.73 Å². The molecule has 1 fully saturated rings. The topological polar surface area (TPSA) is 67.6 Å². The van der Waals surface area contributed by atoms with Crippen molar-refractivity contribution in [3.8, 4) is 5.75 Å². The molecule has 1 saturated heterocycles. The summed E-state index contributed by atoms with van der Waals surface area (Å²) in [7, 11) is 0. The number of nitrogens with zero attached hydrogens (tertiary/aromatic N) is 1. The maximum atomic E-state index is 12.3. The fraction of sp³-hybridized carbons (Fsp3) is 0.588. The molecule has 1 aromatic carbocycles. The molecule has 1 amide bonds. The number of carbonyl (C=O) groups is 1. The highest BCUT2D eigenvalue weighted by Gasteiger charge is 2.33. The Bertz CT molecular complexity index is 605. The summed E-state index contributed by atoms with van der Waals surface area (Å²) in [6.45, 7) is 4.82. The van der Waals surface area contributed by atoms with Crippen molar-refractivity contribution in [1.29, 1.82) is 0 Å². The van der Waals surface area contributed by atoms with E-state index in [1.54, 1.807) is 13.0 Å². The van der Waals surface area contributed by atoms with Gasteiger partial charge in [0.2, 0.25) is 5.91 Å². The van der Waals surface area contributed by atoms with Crippen LogP contribution in [0.3, 0.4) is 0 Å². The fourth-order valence-corrected chi connectivity index (χ4v) is 2.97. The van der Waals surface area contributed by atoms with Crippen LogP contribution in [0.4, 0.5) is 18.9 Å². The summed E-state index contributed by atoms with van der Waals surface area (Å²) in [5, 5.41) is 2.94. The number of halogens is 3. The monoisotopic (exact) mass is 359 g/mol. The van der Waals surface area contributed by atoms with Gasteiger partial charge in [-0.3, -0.25) is 4.79 Å². The fourth-order valence-electron chi connectivity index (χ4n) is 2.97. The molecule has 25 heavy (non-hydrogen) atoms. The molecule has 0 saturated carbocycles. The third-order valence-electron chi connectivity index (χ3n) is 4.23. The maximum Gasteiger partial charge on any atom is 0.573 e. The van der Waals surface area contributed by atoms with E-state index in [-0.39, 0.29) is 17.7 Å². The zero-order valence-electron chi connectivity index (χ0n) is 14.4. The van der Waals surface area contributed by atoms with E-state index in [1.807, 2.05) is 11.8 Å². The van der Waals surface area contributed by atoms with Crippen molar-refractivity contribution >= 4 is 11.6 Å². The highest BCUT2D eigenvalue weighted by Crippen LogP contribution is 2.28. The third kappa shape index (κ3) is 5.52. The molecule has 1 aromatic rings. The van der Waals surface area contributed by atoms with Gasteiger partial charge < -0.3 is 20.7 Å². The molecule has 0 aliphatic carbocycles. The Morgan fingerprint density at radius 2 is 2.16 bits per heavy atom. The Hall–Kier alpha value is -1.96. The van der Waals surface area contributed by atoms with E-state index in [2.05, 4.69) is 10.1 Å². The number of carbonyl (C=O) groups excluding carboxylic acids is 1. The van der Waals surface area contributed by atoms with Gasteiger partial charge in [0, 0.05) is 30.9 Å². The van der Waals surface area contributed by atoms with Crippen molar-refractivity contribution in [1.82, 2.24) is 5.32 Å². The first-order valence-corrected chi connectivity index (χ1v) is 8.31. The second kappa shape index (κ2) is 7.51. The minimum Gasteiger partial charge on any atom is -0.406 e. The van der Waals surface area contributed by atoms with Gasteiger partial charge in [0.25, 0.3) is 0 Å². The Balaban J connectivity index is 1.97. The predicted molar refractivity (Wildman–Crippen MR) is 89.4 cm³/mol. The van der Waals surface area contributed by atoms with E-state index in [0.29, 0.717) is 31.6 Å². The van der Waals surface area contributed by atoms with Crippen LogP contribution in [0.5, 0.6) is 5.75 Å². The lowest BCUT2D eigenvalue weighted by molar-refractivity contribution is -0.274. The number of hydrogen-bond acceptors (Lipinski definition) is 4. The summed E-state index contributed by atoms with van der Waals surface area (Å²) in [6.07, 6.45) is -2.61. The molecule has 0 bridgehead atoms. The molecule has 0 aromatic heterocycles. The zero-order chi connectivity index (χ0) is 18.7. The second-order valence-electron chi connectivity index (χ2n) is 6.62. The first kappa shape index (κ1) is 19.4. The van der Waals surface area contributed by atoms with Gasteiger partial charge >= 0.3 is 6.36 Å². The summed E-state index contributed by atoms with van der Waals surface area (Å²) in [5.41, 5.74) is 5.74. The van der Waals surface area contributed by atoms with Gasteiger partial charge in [-0.15, -0.1) is 13.2 Å². The lowest BCUT2D eigenvalue weighted by atomic mass is 9.96. The lowest BCUT2D eigenvalue weighted by Gasteiger charge is -2.25. The van der Waals surface area contributed by atoms with Gasteiger partial charge in [-0.25, -0.2) is 0 Å². The predicted octanol–water partition coefficient (Wildman–Crippen LogP) is 2.80. The number of hydrogen-bond donors (Lipinski definition) is 2. The summed E-state index contributed by atoms with van der Waals surface area (Å²) >= 11 is 0. The number of anilines is 1. The van der Waals surface area contributed by atoms with Crippen LogP contribution >= 0.6 is 0 Å². The van der Waals surface area contributed by atoms with Crippen LogP contribution in [0, 0.1) is 0 Å². The van der Waals surface area contributed by atoms with Crippen molar-refractivity contribution in [3.63, 3.8) is 0 Å². The Morgan fingerprint density at radius 1 is 1.44 bits per heavy atom. The molecule has 1 aliphatic rings. The molecular weight excluding hydrogens is 335 g/mol. The number of nitrogens with two attached hydrogens (primary N) is 1. The van der Waals surface area contributed by atoms with Crippen LogP contribution in [0.2, 0.25) is 0 Å². The largest absolute Gasteiger partial charge is 0.573 e. The molecule has 0 spiro atoms. The van der Waals surface area contributed by atoms with Crippen LogP contribution < -0.4 is 20.7 Å². The number of alkyl halides is 3. The standard InChI is InChI=1S/C17H24F3N3O2/c1-3-8-16(2,21)15(24)22-12-7-9-23(11-12)13-5-4-6-14(10-13)25-17(18,19)20/h4-6,10,12H,3,7-9,11,21H2,1-2H3,(H,22,24). The van der Waals surface area contributed by atoms with Crippen LogP contribution in [-0.2, 0) is 4.79 Å². The van der Waals surface area contributed by atoms with Crippen LogP contribution in [-0.4, -0.2) is 36.9 Å². The minimum atomic E-state index is -4.72. The highest BCUT2D eigenvalue weighted by molar-refractivity contribution is 5.85. The normalized spacial score (nSPS) is 20.2. The van der Waals surface area contributed by atoms with Crippen molar-refractivity contribution < 1.29 is 22.7 Å². The highest BCUT2D eigenvalue weighted by atomic mass is 19.4. The number of ether oxygens (including phenoxy) is 1. The first-order valence-electron chi connectivity index (χ1n) is 8.31. The SMILES string of the molecule is CCCC(C)(N)C(=O)NC1CCN(c2cccc(OC(F)(F)F)c2)C1. The van der Waals surface area contributed by atoms with Gasteiger partial charge in [-0.1, -0.05) is 19.4 Å². The number of benzene rings is 1. The molecule has 5 nitrogen and oxygen atoms in total. The molecule has 8 heteroatoms. The van der Waals surface area contributed by atoms with E-state index in [0.717, 1.165) is 6.42 Å². The average Bonchev–Trinajstić information content (AvgIpc) is 2.94. The summed E-state index contributed by atoms with van der Waals surface area (Å²) in [6, 6.07) is 5.76. The van der Waals surface area contributed by atoms with Gasteiger partial charge in [-0.05, 0) is 31.9 Å². The van der Waals surface area contributed by atoms with Gasteiger partial charge in [0.1, 0.15) is 5.75 Å². The Labute approximate surface area is 145 Å². The summed E-state index contributed by atoms with van der Waals surface area (Å²) in [5.74, 6) is -0.453. The Kier molecular flexibility index (Phi) is 5.82. The van der Waals surface area contributed by atoms with Crippen LogP contribution in [0.25, 0.3) is 0 Å². The van der Waals surface area contributed by atoms with Crippen molar-refractivity contribution in [3.05, 3.63) is 24.3 Å². The molecule has 2 atom stereocenters. The molecule has 140 valence electrons. The van der Waals surface area contributed by atoms with E-state index in [4.69, 9.17) is 5.73 Å². The van der Waals surface area contributed by atoms with Crippen molar-refractivity contribution in [2.45, 2.75) is 51.1 Å². The minimum absolute atomic E-state index is 0.0839. The first-order chi connectivity index (χ1) is 11.6. The number of amides is 1. The van der Waals surface area contributed by atoms with Gasteiger partial charge in [0.05, 0.1) is 5.54 Å². The lowest BCUT2D eigenvalue weighted by Crippen LogP contribution is -2.54. The van der Waals surface area contributed by atoms with Gasteiger partial charge in [-0.2, -0.15) is 0 Å². The summed E-state index contributed by atoms with van der Waals surface area (Å²) in [4.78, 5) is 14.2. The van der Waals surface area contributed by atoms with E-state index in [1.165, 1.54) is 18.2 Å². The average molecular weight is 359 g/mol. The Morgan fingerprint density at radius 3 is 2.80 bits per heavy atom. The van der Waals surface area contributed by atoms with E-state index in [9.17, 15) is 18.0 Å². The molecule has 2 unspecified atom stereocenters. The molecule has 1 aliphatic heterocycles. The molecular formula is C17H24F3N3O2.